The zero-order chi connectivity index (χ0) is 14.9. The number of nitrogens with two attached hydrogens (primary N) is 1. The third kappa shape index (κ3) is 3.20. The van der Waals surface area contributed by atoms with Crippen LogP contribution in [0.5, 0.6) is 0 Å². The third-order valence-electron chi connectivity index (χ3n) is 4.86. The van der Waals surface area contributed by atoms with E-state index in [1.54, 1.807) is 6.20 Å². The molecule has 114 valence electrons. The van der Waals surface area contributed by atoms with E-state index in [0.717, 1.165) is 22.6 Å². The molecule has 0 aliphatic heterocycles. The zero-order valence-electron chi connectivity index (χ0n) is 13.1. The van der Waals surface area contributed by atoms with Gasteiger partial charge in [-0.1, -0.05) is 25.4 Å². The minimum Gasteiger partial charge on any atom is -0.322 e. The monoisotopic (exact) mass is 297 g/mol. The van der Waals surface area contributed by atoms with Gasteiger partial charge in [-0.05, 0) is 57.3 Å². The van der Waals surface area contributed by atoms with Gasteiger partial charge in [-0.15, -0.1) is 0 Å². The summed E-state index contributed by atoms with van der Waals surface area (Å²) in [6, 6.07) is 0.316. The van der Waals surface area contributed by atoms with E-state index in [1.165, 1.54) is 25.7 Å². The molecule has 0 radical (unpaired) electrons. The molecule has 0 aromatic carbocycles. The van der Waals surface area contributed by atoms with E-state index in [0.29, 0.717) is 12.0 Å². The molecule has 4 heteroatoms. The molecule has 1 atom stereocenters. The highest BCUT2D eigenvalue weighted by molar-refractivity contribution is 6.31. The second-order valence-corrected chi connectivity index (χ2v) is 7.27. The molecule has 2 rings (SSSR count). The second-order valence-electron chi connectivity index (χ2n) is 6.86. The number of hydrogen-bond donors (Lipinski definition) is 1. The molecule has 1 saturated carbocycles. The summed E-state index contributed by atoms with van der Waals surface area (Å²) in [6.45, 7) is 8.90. The van der Waals surface area contributed by atoms with Crippen molar-refractivity contribution >= 4 is 11.6 Å². The molecule has 0 amide bonds. The molecule has 1 unspecified atom stereocenters. The Labute approximate surface area is 127 Å². The lowest BCUT2D eigenvalue weighted by Gasteiger charge is -2.34. The fourth-order valence-electron chi connectivity index (χ4n) is 3.47. The van der Waals surface area contributed by atoms with Gasteiger partial charge in [-0.3, -0.25) is 4.68 Å². The normalized spacial score (nSPS) is 25.4. The van der Waals surface area contributed by atoms with E-state index in [4.69, 9.17) is 17.3 Å². The Kier molecular flexibility index (Phi) is 5.14. The molecule has 0 spiro atoms. The van der Waals surface area contributed by atoms with Crippen LogP contribution in [-0.2, 0) is 0 Å². The summed E-state index contributed by atoms with van der Waals surface area (Å²) >= 11 is 6.32. The molecule has 20 heavy (non-hydrogen) atoms. The summed E-state index contributed by atoms with van der Waals surface area (Å²) in [6.07, 6.45) is 6.75. The SMILES string of the molecule is CC(C)C1CCC(C(N)c2c(Cl)cnn2C(C)C)CC1. The molecule has 0 bridgehead atoms. The molecule has 3 nitrogen and oxygen atoms in total. The average Bonchev–Trinajstić information content (AvgIpc) is 2.80. The summed E-state index contributed by atoms with van der Waals surface area (Å²) in [5.41, 5.74) is 7.55. The first-order valence-corrected chi connectivity index (χ1v) is 8.28. The van der Waals surface area contributed by atoms with Gasteiger partial charge in [0.15, 0.2) is 0 Å². The summed E-state index contributed by atoms with van der Waals surface area (Å²) in [4.78, 5) is 0. The molecule has 1 aromatic rings. The van der Waals surface area contributed by atoms with E-state index in [9.17, 15) is 0 Å². The number of rotatable bonds is 4. The maximum atomic E-state index is 6.53. The van der Waals surface area contributed by atoms with Crippen LogP contribution in [0.1, 0.15) is 71.2 Å². The minimum atomic E-state index is 0.0144. The Balaban J connectivity index is 2.09. The van der Waals surface area contributed by atoms with Gasteiger partial charge in [0.2, 0.25) is 0 Å². The van der Waals surface area contributed by atoms with Crippen molar-refractivity contribution in [2.45, 2.75) is 65.5 Å². The molecule has 0 saturated heterocycles. The molecule has 1 aliphatic rings. The number of aromatic nitrogens is 2. The van der Waals surface area contributed by atoms with E-state index in [2.05, 4.69) is 32.8 Å². The summed E-state index contributed by atoms with van der Waals surface area (Å²) in [7, 11) is 0. The quantitative estimate of drug-likeness (QED) is 0.884. The Morgan fingerprint density at radius 1 is 1.15 bits per heavy atom. The molecule has 1 aliphatic carbocycles. The Hall–Kier alpha value is -0.540. The lowest BCUT2D eigenvalue weighted by Crippen LogP contribution is -2.29. The van der Waals surface area contributed by atoms with E-state index in [1.807, 2.05) is 4.68 Å². The van der Waals surface area contributed by atoms with Gasteiger partial charge < -0.3 is 5.73 Å². The van der Waals surface area contributed by atoms with Crippen LogP contribution in [0.4, 0.5) is 0 Å². The van der Waals surface area contributed by atoms with Crippen LogP contribution < -0.4 is 5.73 Å². The third-order valence-corrected chi connectivity index (χ3v) is 5.15. The first-order chi connectivity index (χ1) is 9.41. The number of nitrogens with zero attached hydrogens (tertiary/aromatic N) is 2. The second kappa shape index (κ2) is 6.48. The molecule has 2 N–H and O–H groups in total. The fraction of sp³-hybridized carbons (Fsp3) is 0.812. The van der Waals surface area contributed by atoms with Crippen molar-refractivity contribution in [2.24, 2.45) is 23.5 Å². The topological polar surface area (TPSA) is 43.8 Å². The van der Waals surface area contributed by atoms with Crippen molar-refractivity contribution in [1.82, 2.24) is 9.78 Å². The van der Waals surface area contributed by atoms with Crippen LogP contribution in [0.2, 0.25) is 5.02 Å². The lowest BCUT2D eigenvalue weighted by molar-refractivity contribution is 0.199. The Morgan fingerprint density at radius 2 is 1.70 bits per heavy atom. The lowest BCUT2D eigenvalue weighted by atomic mass is 9.74. The van der Waals surface area contributed by atoms with Gasteiger partial charge >= 0.3 is 0 Å². The van der Waals surface area contributed by atoms with Crippen LogP contribution in [0.15, 0.2) is 6.20 Å². The van der Waals surface area contributed by atoms with Gasteiger partial charge in [0, 0.05) is 6.04 Å². The van der Waals surface area contributed by atoms with Gasteiger partial charge in [0.1, 0.15) is 0 Å². The van der Waals surface area contributed by atoms with Crippen LogP contribution in [-0.4, -0.2) is 9.78 Å². The fourth-order valence-corrected chi connectivity index (χ4v) is 3.72. The highest BCUT2D eigenvalue weighted by Gasteiger charge is 2.30. The molecule has 1 heterocycles. The average molecular weight is 298 g/mol. The van der Waals surface area contributed by atoms with Gasteiger partial charge in [-0.2, -0.15) is 5.10 Å². The van der Waals surface area contributed by atoms with Gasteiger partial charge in [-0.25, -0.2) is 0 Å². The maximum absolute atomic E-state index is 6.53. The van der Waals surface area contributed by atoms with Crippen LogP contribution >= 0.6 is 11.6 Å². The Bertz CT molecular complexity index is 431. The van der Waals surface area contributed by atoms with Crippen LogP contribution in [0, 0.1) is 17.8 Å². The highest BCUT2D eigenvalue weighted by Crippen LogP contribution is 2.40. The summed E-state index contributed by atoms with van der Waals surface area (Å²) in [5.74, 6) is 2.19. The van der Waals surface area contributed by atoms with Gasteiger partial charge in [0.25, 0.3) is 0 Å². The van der Waals surface area contributed by atoms with E-state index < -0.39 is 0 Å². The van der Waals surface area contributed by atoms with Crippen molar-refractivity contribution in [1.29, 1.82) is 0 Å². The van der Waals surface area contributed by atoms with E-state index >= 15 is 0 Å². The van der Waals surface area contributed by atoms with Crippen molar-refractivity contribution in [3.8, 4) is 0 Å². The molecular weight excluding hydrogens is 270 g/mol. The maximum Gasteiger partial charge on any atom is 0.0834 e. The summed E-state index contributed by atoms with van der Waals surface area (Å²) < 4.78 is 1.99. The largest absolute Gasteiger partial charge is 0.322 e. The number of hydrogen-bond acceptors (Lipinski definition) is 2. The van der Waals surface area contributed by atoms with E-state index in [-0.39, 0.29) is 6.04 Å². The molecule has 1 fully saturated rings. The minimum absolute atomic E-state index is 0.0144. The molecular formula is C16H28ClN3. The van der Waals surface area contributed by atoms with Crippen molar-refractivity contribution < 1.29 is 0 Å². The number of halogens is 1. The standard InChI is InChI=1S/C16H28ClN3/c1-10(2)12-5-7-13(8-6-12)15(18)16-14(17)9-19-20(16)11(3)4/h9-13,15H,5-8,18H2,1-4H3. The van der Waals surface area contributed by atoms with Crippen molar-refractivity contribution in [2.75, 3.05) is 0 Å². The smallest absolute Gasteiger partial charge is 0.0834 e. The predicted molar refractivity (Wildman–Crippen MR) is 84.8 cm³/mol. The van der Waals surface area contributed by atoms with Crippen molar-refractivity contribution in [3.05, 3.63) is 16.9 Å². The summed E-state index contributed by atoms with van der Waals surface area (Å²) in [5, 5.41) is 5.10. The highest BCUT2D eigenvalue weighted by atomic mass is 35.5. The first kappa shape index (κ1) is 15.8. The van der Waals surface area contributed by atoms with Gasteiger partial charge in [0.05, 0.1) is 23.0 Å². The Morgan fingerprint density at radius 3 is 2.20 bits per heavy atom. The zero-order valence-corrected chi connectivity index (χ0v) is 13.9. The predicted octanol–water partition coefficient (Wildman–Crippen LogP) is 4.58. The van der Waals surface area contributed by atoms with Crippen LogP contribution in [0.3, 0.4) is 0 Å². The first-order valence-electron chi connectivity index (χ1n) is 7.90. The van der Waals surface area contributed by atoms with Crippen LogP contribution in [0.25, 0.3) is 0 Å². The molecule has 1 aromatic heterocycles. The van der Waals surface area contributed by atoms with Crippen molar-refractivity contribution in [3.63, 3.8) is 0 Å².